The van der Waals surface area contributed by atoms with Gasteiger partial charge < -0.3 is 5.11 Å². The number of fused-ring (bicyclic) bond motifs is 5. The zero-order valence-corrected chi connectivity index (χ0v) is 28.6. The maximum atomic E-state index is 11.5. The quantitative estimate of drug-likeness (QED) is 0.184. The minimum Gasteiger partial charge on any atom is -0.507 e. The maximum absolute atomic E-state index is 11.5. The van der Waals surface area contributed by atoms with Gasteiger partial charge >= 0.3 is 0 Å². The zero-order chi connectivity index (χ0) is 35.3. The van der Waals surface area contributed by atoms with Gasteiger partial charge in [0.25, 0.3) is 0 Å². The van der Waals surface area contributed by atoms with E-state index in [-0.39, 0.29) is 5.75 Å². The van der Waals surface area contributed by atoms with E-state index in [9.17, 15) is 5.11 Å². The normalized spacial score (nSPS) is 11.5. The lowest BCUT2D eigenvalue weighted by Gasteiger charge is -2.14. The first kappa shape index (κ1) is 30.6. The van der Waals surface area contributed by atoms with E-state index in [1.165, 1.54) is 26.9 Å². The van der Waals surface area contributed by atoms with Crippen molar-refractivity contribution in [3.8, 4) is 62.2 Å². The molecule has 0 spiro atoms. The van der Waals surface area contributed by atoms with Crippen molar-refractivity contribution in [3.05, 3.63) is 182 Å². The highest BCUT2D eigenvalue weighted by Gasteiger charge is 2.19. The molecule has 53 heavy (non-hydrogen) atoms. The molecule has 0 aliphatic rings. The lowest BCUT2D eigenvalue weighted by molar-refractivity contribution is 0.477. The summed E-state index contributed by atoms with van der Waals surface area (Å²) in [6.45, 7) is 0. The Hall–Kier alpha value is -7.17. The number of aromatic hydroxyl groups is 1. The van der Waals surface area contributed by atoms with Crippen molar-refractivity contribution in [3.63, 3.8) is 0 Å². The number of phenolic OH excluding ortho intramolecular Hbond substituents is 1. The largest absolute Gasteiger partial charge is 0.507 e. The van der Waals surface area contributed by atoms with Crippen molar-refractivity contribution in [2.45, 2.75) is 0 Å². The molecule has 4 heteroatoms. The van der Waals surface area contributed by atoms with Crippen molar-refractivity contribution in [1.29, 1.82) is 0 Å². The van der Waals surface area contributed by atoms with Crippen LogP contribution >= 0.6 is 0 Å². The van der Waals surface area contributed by atoms with Crippen LogP contribution in [-0.4, -0.2) is 20.1 Å². The fraction of sp³-hybridized carbons (Fsp3) is 0. The summed E-state index contributed by atoms with van der Waals surface area (Å²) < 4.78 is 0. The van der Waals surface area contributed by atoms with E-state index in [1.54, 1.807) is 6.07 Å². The van der Waals surface area contributed by atoms with Crippen molar-refractivity contribution < 1.29 is 5.11 Å². The predicted molar refractivity (Wildman–Crippen MR) is 219 cm³/mol. The Balaban J connectivity index is 1.14. The molecule has 0 saturated carbocycles. The van der Waals surface area contributed by atoms with E-state index in [1.807, 2.05) is 24.3 Å². The highest BCUT2D eigenvalue weighted by molar-refractivity contribution is 6.08. The minimum absolute atomic E-state index is 0.159. The van der Waals surface area contributed by atoms with Gasteiger partial charge in [-0.25, -0.2) is 15.0 Å². The number of aromatic nitrogens is 3. The van der Waals surface area contributed by atoms with E-state index in [0.29, 0.717) is 23.0 Å². The van der Waals surface area contributed by atoms with Crippen molar-refractivity contribution in [2.75, 3.05) is 0 Å². The average Bonchev–Trinajstić information content (AvgIpc) is 3.23. The molecule has 9 aromatic carbocycles. The molecule has 10 aromatic rings. The number of phenols is 1. The van der Waals surface area contributed by atoms with Crippen LogP contribution in [-0.2, 0) is 0 Å². The van der Waals surface area contributed by atoms with Crippen LogP contribution in [0.3, 0.4) is 0 Å². The zero-order valence-electron chi connectivity index (χ0n) is 28.6. The van der Waals surface area contributed by atoms with Crippen LogP contribution in [0.1, 0.15) is 0 Å². The highest BCUT2D eigenvalue weighted by atomic mass is 16.3. The molecule has 0 unspecified atom stereocenters. The van der Waals surface area contributed by atoms with Gasteiger partial charge in [0.2, 0.25) is 0 Å². The molecule has 4 nitrogen and oxygen atoms in total. The summed E-state index contributed by atoms with van der Waals surface area (Å²) in [4.78, 5) is 15.3. The lowest BCUT2D eigenvalue weighted by Crippen LogP contribution is -2.01. The summed E-state index contributed by atoms with van der Waals surface area (Å²) in [5, 5.41) is 20.8. The molecular formula is C49H31N3O. The first-order chi connectivity index (χ1) is 26.2. The monoisotopic (exact) mass is 677 g/mol. The smallest absolute Gasteiger partial charge is 0.164 e. The topological polar surface area (TPSA) is 58.9 Å². The van der Waals surface area contributed by atoms with Gasteiger partial charge in [-0.3, -0.25) is 0 Å². The Morgan fingerprint density at radius 1 is 0.302 bits per heavy atom. The molecule has 1 N–H and O–H groups in total. The fourth-order valence-corrected chi connectivity index (χ4v) is 7.56. The Morgan fingerprint density at radius 3 is 1.58 bits per heavy atom. The van der Waals surface area contributed by atoms with Crippen molar-refractivity contribution >= 4 is 43.1 Å². The average molecular weight is 678 g/mol. The van der Waals surface area contributed by atoms with Crippen LogP contribution in [0.2, 0.25) is 0 Å². The highest BCUT2D eigenvalue weighted by Crippen LogP contribution is 2.40. The fourth-order valence-electron chi connectivity index (χ4n) is 7.56. The third kappa shape index (κ3) is 5.45. The molecule has 0 aliphatic heterocycles. The van der Waals surface area contributed by atoms with E-state index in [4.69, 9.17) is 15.0 Å². The van der Waals surface area contributed by atoms with E-state index >= 15 is 0 Å². The minimum atomic E-state index is 0.159. The van der Waals surface area contributed by atoms with E-state index in [2.05, 4.69) is 152 Å². The summed E-state index contributed by atoms with van der Waals surface area (Å²) in [7, 11) is 0. The Labute approximate surface area is 306 Å². The van der Waals surface area contributed by atoms with Crippen LogP contribution in [0.5, 0.6) is 5.75 Å². The van der Waals surface area contributed by atoms with Gasteiger partial charge in [0.15, 0.2) is 17.5 Å². The van der Waals surface area contributed by atoms with Crippen LogP contribution in [0.15, 0.2) is 182 Å². The van der Waals surface area contributed by atoms with Crippen molar-refractivity contribution in [2.24, 2.45) is 0 Å². The Kier molecular flexibility index (Phi) is 7.26. The van der Waals surface area contributed by atoms with Crippen LogP contribution in [0.4, 0.5) is 0 Å². The molecule has 1 aromatic heterocycles. The second-order valence-electron chi connectivity index (χ2n) is 13.4. The molecule has 0 aliphatic carbocycles. The molecular weight excluding hydrogens is 647 g/mol. The van der Waals surface area contributed by atoms with E-state index < -0.39 is 0 Å². The summed E-state index contributed by atoms with van der Waals surface area (Å²) >= 11 is 0. The Bertz CT molecular complexity index is 3020. The van der Waals surface area contributed by atoms with Crippen LogP contribution in [0, 0.1) is 0 Å². The SMILES string of the molecule is Oc1cccc(-c2nc(-c3ccc4ccccc4c3)nc(-c3ccc4c(ccc5ccccc54)c3)n2)c1-c1ccc(-c2cccc3ccccc23)cc1. The molecule has 248 valence electrons. The Morgan fingerprint density at radius 2 is 0.792 bits per heavy atom. The summed E-state index contributed by atoms with van der Waals surface area (Å²) in [6.07, 6.45) is 0. The van der Waals surface area contributed by atoms with Crippen LogP contribution < -0.4 is 0 Å². The number of nitrogens with zero attached hydrogens (tertiary/aromatic N) is 3. The van der Waals surface area contributed by atoms with Gasteiger partial charge in [0.1, 0.15) is 5.75 Å². The van der Waals surface area contributed by atoms with Crippen molar-refractivity contribution in [1.82, 2.24) is 15.0 Å². The van der Waals surface area contributed by atoms with E-state index in [0.717, 1.165) is 49.5 Å². The number of hydrogen-bond donors (Lipinski definition) is 1. The van der Waals surface area contributed by atoms with Gasteiger partial charge in [0.05, 0.1) is 0 Å². The van der Waals surface area contributed by atoms with Gasteiger partial charge in [-0.15, -0.1) is 0 Å². The molecule has 0 bridgehead atoms. The molecule has 1 heterocycles. The third-order valence-electron chi connectivity index (χ3n) is 10.2. The number of hydrogen-bond acceptors (Lipinski definition) is 4. The number of benzene rings is 9. The molecule has 0 fully saturated rings. The standard InChI is InChI=1S/C49H31N3O/c53-45-18-8-17-44(46(45)35-23-20-34(21-24-35)42-16-7-13-32-10-3-5-14-40(32)42)49-51-47(38-26-19-31-9-1-2-12-36(31)29-38)50-48(52-49)39-27-28-43-37(30-39)25-22-33-11-4-6-15-41(33)43/h1-30,53H. The molecule has 10 rings (SSSR count). The summed E-state index contributed by atoms with van der Waals surface area (Å²) in [5.41, 5.74) is 6.31. The summed E-state index contributed by atoms with van der Waals surface area (Å²) in [5.74, 6) is 1.77. The van der Waals surface area contributed by atoms with Crippen LogP contribution in [0.25, 0.3) is 99.5 Å². The number of rotatable bonds is 5. The first-order valence-corrected chi connectivity index (χ1v) is 17.7. The molecule has 0 amide bonds. The van der Waals surface area contributed by atoms with Gasteiger partial charge in [0, 0.05) is 22.3 Å². The van der Waals surface area contributed by atoms with Gasteiger partial charge in [-0.1, -0.05) is 164 Å². The third-order valence-corrected chi connectivity index (χ3v) is 10.2. The maximum Gasteiger partial charge on any atom is 0.164 e. The second-order valence-corrected chi connectivity index (χ2v) is 13.4. The molecule has 0 radical (unpaired) electrons. The molecule has 0 atom stereocenters. The van der Waals surface area contributed by atoms with Gasteiger partial charge in [-0.2, -0.15) is 0 Å². The first-order valence-electron chi connectivity index (χ1n) is 17.7. The molecule has 0 saturated heterocycles. The second kappa shape index (κ2) is 12.6. The lowest BCUT2D eigenvalue weighted by atomic mass is 9.94. The predicted octanol–water partition coefficient (Wildman–Crippen LogP) is 12.5. The van der Waals surface area contributed by atoms with Gasteiger partial charge in [-0.05, 0) is 78.0 Å². The summed E-state index contributed by atoms with van der Waals surface area (Å²) in [6, 6.07) is 62.5.